The van der Waals surface area contributed by atoms with Gasteiger partial charge in [0.1, 0.15) is 11.8 Å². The second-order valence-corrected chi connectivity index (χ2v) is 12.3. The second-order valence-electron chi connectivity index (χ2n) is 12.3. The van der Waals surface area contributed by atoms with Crippen LogP contribution >= 0.6 is 0 Å². The zero-order valence-corrected chi connectivity index (χ0v) is 23.9. The normalized spacial score (nSPS) is 30.1. The van der Waals surface area contributed by atoms with Gasteiger partial charge in [-0.3, -0.25) is 0 Å². The van der Waals surface area contributed by atoms with Crippen LogP contribution in [0.1, 0.15) is 69.9 Å². The van der Waals surface area contributed by atoms with E-state index >= 15 is 0 Å². The molecule has 0 aromatic heterocycles. The smallest absolute Gasteiger partial charge is 0.133 e. The van der Waals surface area contributed by atoms with E-state index in [4.69, 9.17) is 0 Å². The van der Waals surface area contributed by atoms with Crippen molar-refractivity contribution in [2.75, 3.05) is 0 Å². The van der Waals surface area contributed by atoms with Crippen molar-refractivity contribution in [3.05, 3.63) is 131 Å². The molecule has 2 fully saturated rings. The molecule has 5 rings (SSSR count). The van der Waals surface area contributed by atoms with Gasteiger partial charge in [-0.1, -0.05) is 117 Å². The molecule has 0 radical (unpaired) electrons. The number of alkyl halides is 1. The molecular formula is C37H43FO2. The Hall–Kier alpha value is -3.01. The molecule has 210 valence electrons. The molecule has 3 aliphatic carbocycles. The molecule has 0 spiro atoms. The van der Waals surface area contributed by atoms with Crippen LogP contribution < -0.4 is 0 Å². The second kappa shape index (κ2) is 11.8. The lowest BCUT2D eigenvalue weighted by Crippen LogP contribution is -2.32. The number of hydrogen-bond acceptors (Lipinski definition) is 2. The first-order valence-electron chi connectivity index (χ1n) is 14.8. The van der Waals surface area contributed by atoms with E-state index < -0.39 is 17.9 Å². The fourth-order valence-corrected chi connectivity index (χ4v) is 7.36. The Kier molecular flexibility index (Phi) is 8.44. The first-order chi connectivity index (χ1) is 19.2. The number of fused-ring (bicyclic) bond motifs is 1. The van der Waals surface area contributed by atoms with E-state index in [1.807, 2.05) is 72.8 Å². The van der Waals surface area contributed by atoms with Crippen molar-refractivity contribution in [1.82, 2.24) is 0 Å². The van der Waals surface area contributed by atoms with Gasteiger partial charge in [0.2, 0.25) is 0 Å². The summed E-state index contributed by atoms with van der Waals surface area (Å²) in [6.45, 7) is 8.68. The average Bonchev–Trinajstić information content (AvgIpc) is 3.32. The molecule has 0 amide bonds. The molecule has 5 unspecified atom stereocenters. The summed E-state index contributed by atoms with van der Waals surface area (Å²) in [5, 5.41) is 21.9. The highest BCUT2D eigenvalue weighted by atomic mass is 19.1. The van der Waals surface area contributed by atoms with E-state index in [1.54, 1.807) is 0 Å². The monoisotopic (exact) mass is 538 g/mol. The molecule has 5 atom stereocenters. The van der Waals surface area contributed by atoms with Crippen LogP contribution in [-0.4, -0.2) is 22.5 Å². The van der Waals surface area contributed by atoms with Crippen LogP contribution in [0, 0.1) is 17.3 Å². The Labute approximate surface area is 239 Å². The van der Waals surface area contributed by atoms with Gasteiger partial charge < -0.3 is 10.2 Å². The summed E-state index contributed by atoms with van der Waals surface area (Å²) in [6, 6.07) is 19.7. The number of hydrogen-bond donors (Lipinski definition) is 2. The number of aliphatic hydroxyl groups excluding tert-OH is 1. The molecule has 2 nitrogen and oxygen atoms in total. The van der Waals surface area contributed by atoms with Gasteiger partial charge >= 0.3 is 0 Å². The average molecular weight is 539 g/mol. The molecule has 0 heterocycles. The third kappa shape index (κ3) is 5.60. The fourth-order valence-electron chi connectivity index (χ4n) is 7.36. The van der Waals surface area contributed by atoms with Gasteiger partial charge in [0.05, 0.1) is 6.10 Å². The quantitative estimate of drug-likeness (QED) is 0.347. The van der Waals surface area contributed by atoms with Gasteiger partial charge in [-0.15, -0.1) is 0 Å². The van der Waals surface area contributed by atoms with Crippen LogP contribution in [0.5, 0.6) is 0 Å². The molecule has 3 heteroatoms. The number of allylic oxidation sites excluding steroid dienone is 7. The van der Waals surface area contributed by atoms with Crippen LogP contribution in [0.3, 0.4) is 0 Å². The van der Waals surface area contributed by atoms with Crippen LogP contribution in [0.2, 0.25) is 0 Å². The first kappa shape index (κ1) is 28.5. The Morgan fingerprint density at radius 2 is 1.73 bits per heavy atom. The van der Waals surface area contributed by atoms with Crippen molar-refractivity contribution < 1.29 is 14.6 Å². The first-order valence-corrected chi connectivity index (χ1v) is 14.8. The molecule has 40 heavy (non-hydrogen) atoms. The minimum absolute atomic E-state index is 0.108. The summed E-state index contributed by atoms with van der Waals surface area (Å²) in [4.78, 5) is 0. The van der Waals surface area contributed by atoms with E-state index in [0.717, 1.165) is 42.4 Å². The molecule has 3 aliphatic rings. The molecular weight excluding hydrogens is 495 g/mol. The summed E-state index contributed by atoms with van der Waals surface area (Å²) in [5.74, 6) is 0.813. The summed E-state index contributed by atoms with van der Waals surface area (Å²) in [7, 11) is 0. The van der Waals surface area contributed by atoms with Crippen molar-refractivity contribution >= 4 is 0 Å². The molecule has 0 saturated heterocycles. The molecule has 2 aromatic rings. The summed E-state index contributed by atoms with van der Waals surface area (Å²) in [6.07, 6.45) is 14.9. The van der Waals surface area contributed by atoms with Gasteiger partial charge in [0.25, 0.3) is 0 Å². The summed E-state index contributed by atoms with van der Waals surface area (Å²) in [5.41, 5.74) is 4.98. The Morgan fingerprint density at radius 1 is 1.07 bits per heavy atom. The summed E-state index contributed by atoms with van der Waals surface area (Å²) >= 11 is 0. The van der Waals surface area contributed by atoms with E-state index in [9.17, 15) is 14.6 Å². The van der Waals surface area contributed by atoms with Crippen LogP contribution in [-0.2, 0) is 5.60 Å². The van der Waals surface area contributed by atoms with E-state index in [2.05, 4.69) is 38.7 Å². The van der Waals surface area contributed by atoms with Gasteiger partial charge in [-0.25, -0.2) is 4.39 Å². The van der Waals surface area contributed by atoms with Crippen molar-refractivity contribution in [2.45, 2.75) is 76.7 Å². The Morgan fingerprint density at radius 3 is 2.38 bits per heavy atom. The Balaban J connectivity index is 1.32. The number of halogens is 1. The van der Waals surface area contributed by atoms with Crippen LogP contribution in [0.25, 0.3) is 0 Å². The lowest BCUT2D eigenvalue weighted by molar-refractivity contribution is 0.124. The number of aliphatic hydroxyl groups is 2. The van der Waals surface area contributed by atoms with Crippen LogP contribution in [0.15, 0.2) is 120 Å². The topological polar surface area (TPSA) is 40.5 Å². The van der Waals surface area contributed by atoms with Gasteiger partial charge in [0.15, 0.2) is 0 Å². The lowest BCUT2D eigenvalue weighted by Gasteiger charge is -2.42. The summed E-state index contributed by atoms with van der Waals surface area (Å²) < 4.78 is 14.3. The van der Waals surface area contributed by atoms with Crippen molar-refractivity contribution in [2.24, 2.45) is 17.3 Å². The molecule has 0 bridgehead atoms. The highest BCUT2D eigenvalue weighted by Crippen LogP contribution is 2.57. The maximum Gasteiger partial charge on any atom is 0.133 e. The third-order valence-electron chi connectivity index (χ3n) is 9.64. The standard InChI is InChI=1S/C37H43FO2/c1-26(12-10-23-37(40,30-14-6-4-7-15-30)31-16-8-5-9-17-31)33-20-21-34-28(13-11-22-36(33,34)3)18-19-29-24-32(39)25-35(38)27(29)2/h4-10,14-20,23,26,32,34-35,39-40H,2,11-13,21-22,24-25H2,1,3H3. The molecule has 2 N–H and O–H groups in total. The van der Waals surface area contributed by atoms with Gasteiger partial charge in [0, 0.05) is 6.42 Å². The maximum absolute atomic E-state index is 14.3. The highest BCUT2D eigenvalue weighted by Gasteiger charge is 2.45. The van der Waals surface area contributed by atoms with Crippen molar-refractivity contribution in [3.63, 3.8) is 0 Å². The lowest BCUT2D eigenvalue weighted by atomic mass is 9.62. The van der Waals surface area contributed by atoms with Crippen molar-refractivity contribution in [1.29, 1.82) is 0 Å². The molecule has 2 aromatic carbocycles. The Bertz CT molecular complexity index is 1280. The van der Waals surface area contributed by atoms with E-state index in [-0.39, 0.29) is 11.8 Å². The molecule has 2 saturated carbocycles. The minimum Gasteiger partial charge on any atom is -0.393 e. The highest BCUT2D eigenvalue weighted by molar-refractivity contribution is 5.42. The SMILES string of the molecule is C=C1C(=CC=C2CCCC3(C)C(C(C)CC=CC(O)(c4ccccc4)c4ccccc4)=CCC23)CC(O)CC1F. The fraction of sp³-hybridized carbons (Fsp3) is 0.405. The maximum atomic E-state index is 14.3. The number of benzene rings is 2. The van der Waals surface area contributed by atoms with Crippen molar-refractivity contribution in [3.8, 4) is 0 Å². The zero-order valence-electron chi connectivity index (χ0n) is 23.9. The minimum atomic E-state index is -1.18. The predicted octanol–water partition coefficient (Wildman–Crippen LogP) is 8.54. The van der Waals surface area contributed by atoms with E-state index in [0.29, 0.717) is 23.8 Å². The van der Waals surface area contributed by atoms with Gasteiger partial charge in [-0.2, -0.15) is 0 Å². The predicted molar refractivity (Wildman–Crippen MR) is 162 cm³/mol. The van der Waals surface area contributed by atoms with Crippen LogP contribution in [0.4, 0.5) is 4.39 Å². The third-order valence-corrected chi connectivity index (χ3v) is 9.64. The van der Waals surface area contributed by atoms with Gasteiger partial charge in [-0.05, 0) is 84.1 Å². The zero-order chi connectivity index (χ0) is 28.3. The number of rotatable bonds is 7. The molecule has 0 aliphatic heterocycles. The van der Waals surface area contributed by atoms with E-state index in [1.165, 1.54) is 17.6 Å². The largest absolute Gasteiger partial charge is 0.393 e.